The van der Waals surface area contributed by atoms with Gasteiger partial charge in [0.1, 0.15) is 12.6 Å². The van der Waals surface area contributed by atoms with Crippen LogP contribution in [0.25, 0.3) is 10.2 Å². The molecular formula is C25H22N2O4S. The summed E-state index contributed by atoms with van der Waals surface area (Å²) in [5.74, 6) is 0.341. The second kappa shape index (κ2) is 8.51. The quantitative estimate of drug-likeness (QED) is 0.454. The summed E-state index contributed by atoms with van der Waals surface area (Å²) in [6.07, 6.45) is 0.307. The highest BCUT2D eigenvalue weighted by Crippen LogP contribution is 2.41. The number of ether oxygens (including phenoxy) is 2. The third-order valence-corrected chi connectivity index (χ3v) is 6.77. The van der Waals surface area contributed by atoms with E-state index in [4.69, 9.17) is 14.5 Å². The Bertz CT molecular complexity index is 1240. The average Bonchev–Trinajstić information content (AvgIpc) is 3.26. The van der Waals surface area contributed by atoms with Crippen molar-refractivity contribution in [2.45, 2.75) is 25.6 Å². The highest BCUT2D eigenvalue weighted by Gasteiger charge is 2.35. The lowest BCUT2D eigenvalue weighted by molar-refractivity contribution is -0.138. The van der Waals surface area contributed by atoms with Gasteiger partial charge in [-0.2, -0.15) is 0 Å². The van der Waals surface area contributed by atoms with E-state index in [0.29, 0.717) is 36.2 Å². The molecule has 2 heterocycles. The smallest absolute Gasteiger partial charge is 0.326 e. The topological polar surface area (TPSA) is 71.9 Å². The maximum absolute atomic E-state index is 12.3. The van der Waals surface area contributed by atoms with E-state index >= 15 is 0 Å². The van der Waals surface area contributed by atoms with Crippen molar-refractivity contribution in [1.82, 2.24) is 4.98 Å². The number of para-hydroxylation sites is 1. The first-order valence-electron chi connectivity index (χ1n) is 10.3. The van der Waals surface area contributed by atoms with Gasteiger partial charge in [-0.25, -0.2) is 9.78 Å². The Balaban J connectivity index is 1.52. The van der Waals surface area contributed by atoms with Crippen molar-refractivity contribution in [3.63, 3.8) is 0 Å². The Morgan fingerprint density at radius 1 is 1.12 bits per heavy atom. The van der Waals surface area contributed by atoms with E-state index in [9.17, 15) is 9.90 Å². The molecule has 1 aliphatic rings. The zero-order valence-corrected chi connectivity index (χ0v) is 18.3. The first-order valence-corrected chi connectivity index (χ1v) is 11.2. The molecule has 0 saturated carbocycles. The number of rotatable bonds is 6. The first-order chi connectivity index (χ1) is 15.6. The van der Waals surface area contributed by atoms with Gasteiger partial charge in [0.05, 0.1) is 17.3 Å². The number of carboxylic acids is 1. The number of aromatic nitrogens is 1. The number of fused-ring (bicyclic) bond motifs is 2. The summed E-state index contributed by atoms with van der Waals surface area (Å²) in [5, 5.41) is 10.8. The van der Waals surface area contributed by atoms with Gasteiger partial charge in [-0.15, -0.1) is 0 Å². The maximum atomic E-state index is 12.3. The Kier molecular flexibility index (Phi) is 5.41. The Morgan fingerprint density at radius 3 is 2.66 bits per heavy atom. The highest BCUT2D eigenvalue weighted by molar-refractivity contribution is 7.22. The first kappa shape index (κ1) is 20.3. The van der Waals surface area contributed by atoms with Gasteiger partial charge < -0.3 is 19.5 Å². The molecule has 1 N–H and O–H groups in total. The van der Waals surface area contributed by atoms with Crippen LogP contribution in [0.5, 0.6) is 11.5 Å². The van der Waals surface area contributed by atoms with Crippen LogP contribution in [0.1, 0.15) is 16.7 Å². The van der Waals surface area contributed by atoms with Crippen LogP contribution in [-0.4, -0.2) is 29.2 Å². The number of carbonyl (C=O) groups is 1. The lowest BCUT2D eigenvalue weighted by Crippen LogP contribution is -2.45. The Labute approximate surface area is 189 Å². The number of hydrogen-bond acceptors (Lipinski definition) is 6. The molecule has 5 rings (SSSR count). The number of hydrogen-bond donors (Lipinski definition) is 1. The fraction of sp³-hybridized carbons (Fsp3) is 0.200. The minimum Gasteiger partial charge on any atom is -0.493 e. The largest absolute Gasteiger partial charge is 0.493 e. The van der Waals surface area contributed by atoms with Crippen LogP contribution < -0.4 is 14.4 Å². The van der Waals surface area contributed by atoms with Gasteiger partial charge in [-0.1, -0.05) is 59.9 Å². The van der Waals surface area contributed by atoms with E-state index in [1.807, 2.05) is 71.6 Å². The molecule has 6 nitrogen and oxygen atoms in total. The van der Waals surface area contributed by atoms with Gasteiger partial charge in [0.25, 0.3) is 0 Å². The zero-order valence-electron chi connectivity index (χ0n) is 17.5. The van der Waals surface area contributed by atoms with Crippen molar-refractivity contribution < 1.29 is 19.4 Å². The van der Waals surface area contributed by atoms with E-state index in [1.165, 1.54) is 11.3 Å². The lowest BCUT2D eigenvalue weighted by atomic mass is 9.93. The molecule has 0 bridgehead atoms. The van der Waals surface area contributed by atoms with Gasteiger partial charge >= 0.3 is 5.97 Å². The zero-order chi connectivity index (χ0) is 22.1. The number of nitrogens with zero attached hydrogens (tertiary/aromatic N) is 2. The summed E-state index contributed by atoms with van der Waals surface area (Å²) in [7, 11) is 1.60. The molecule has 4 aromatic rings. The second-order valence-electron chi connectivity index (χ2n) is 7.66. The normalized spacial score (nSPS) is 15.4. The molecule has 0 spiro atoms. The molecule has 3 aromatic carbocycles. The molecule has 0 radical (unpaired) electrons. The highest BCUT2D eigenvalue weighted by atomic mass is 32.1. The second-order valence-corrected chi connectivity index (χ2v) is 8.67. The van der Waals surface area contributed by atoms with Gasteiger partial charge in [-0.05, 0) is 29.3 Å². The molecular weight excluding hydrogens is 424 g/mol. The summed E-state index contributed by atoms with van der Waals surface area (Å²) >= 11 is 1.51. The van der Waals surface area contributed by atoms with E-state index in [2.05, 4.69) is 0 Å². The molecule has 0 fully saturated rings. The van der Waals surface area contributed by atoms with Crippen molar-refractivity contribution in [2.75, 3.05) is 12.0 Å². The van der Waals surface area contributed by atoms with Crippen LogP contribution in [0.15, 0.2) is 66.7 Å². The summed E-state index contributed by atoms with van der Waals surface area (Å²) in [6, 6.07) is 20.9. The van der Waals surface area contributed by atoms with E-state index < -0.39 is 12.0 Å². The van der Waals surface area contributed by atoms with Crippen LogP contribution in [0.2, 0.25) is 0 Å². The standard InChI is InChI=1S/C25H22N2O4S/c1-30-21-12-11-17-14-27(25-26-19-9-5-6-10-22(19)32-25)20(24(28)29)13-18(17)23(21)31-15-16-7-3-2-4-8-16/h2-12,20H,13-15H2,1H3,(H,28,29). The monoisotopic (exact) mass is 446 g/mol. The van der Waals surface area contributed by atoms with Crippen LogP contribution >= 0.6 is 11.3 Å². The fourth-order valence-electron chi connectivity index (χ4n) is 4.07. The van der Waals surface area contributed by atoms with Gasteiger partial charge in [-0.3, -0.25) is 0 Å². The molecule has 1 aliphatic heterocycles. The van der Waals surface area contributed by atoms with E-state index in [0.717, 1.165) is 26.9 Å². The van der Waals surface area contributed by atoms with E-state index in [1.54, 1.807) is 7.11 Å². The minimum atomic E-state index is -0.883. The summed E-state index contributed by atoms with van der Waals surface area (Å²) in [5.41, 5.74) is 3.81. The number of carboxylic acid groups (broad SMARTS) is 1. The third-order valence-electron chi connectivity index (χ3n) is 5.70. The average molecular weight is 447 g/mol. The molecule has 0 aliphatic carbocycles. The van der Waals surface area contributed by atoms with Gasteiger partial charge in [0.2, 0.25) is 0 Å². The SMILES string of the molecule is COc1ccc2c(c1OCc1ccccc1)CC(C(=O)O)N(c1nc3ccccc3s1)C2. The molecule has 1 atom stereocenters. The molecule has 1 unspecified atom stereocenters. The van der Waals surface area contributed by atoms with Crippen molar-refractivity contribution >= 4 is 32.7 Å². The minimum absolute atomic E-state index is 0.307. The third kappa shape index (κ3) is 3.76. The maximum Gasteiger partial charge on any atom is 0.326 e. The molecule has 7 heteroatoms. The summed E-state index contributed by atoms with van der Waals surface area (Å²) in [6.45, 7) is 0.824. The van der Waals surface area contributed by atoms with Gasteiger partial charge in [0, 0.05) is 18.5 Å². The van der Waals surface area contributed by atoms with E-state index in [-0.39, 0.29) is 0 Å². The van der Waals surface area contributed by atoms with Crippen LogP contribution in [-0.2, 0) is 24.4 Å². The fourth-order valence-corrected chi connectivity index (χ4v) is 5.08. The van der Waals surface area contributed by atoms with Crippen molar-refractivity contribution in [3.8, 4) is 11.5 Å². The predicted octanol–water partition coefficient (Wildman–Crippen LogP) is 4.90. The van der Waals surface area contributed by atoms with Crippen molar-refractivity contribution in [2.24, 2.45) is 0 Å². The van der Waals surface area contributed by atoms with Crippen molar-refractivity contribution in [3.05, 3.63) is 83.4 Å². The summed E-state index contributed by atoms with van der Waals surface area (Å²) in [4.78, 5) is 18.8. The molecule has 0 saturated heterocycles. The molecule has 162 valence electrons. The number of methoxy groups -OCH3 is 1. The number of anilines is 1. The number of thiazole rings is 1. The van der Waals surface area contributed by atoms with Gasteiger partial charge in [0.15, 0.2) is 16.6 Å². The van der Waals surface area contributed by atoms with Crippen LogP contribution in [0.3, 0.4) is 0 Å². The number of benzene rings is 3. The summed E-state index contributed by atoms with van der Waals surface area (Å²) < 4.78 is 12.8. The molecule has 1 aromatic heterocycles. The lowest BCUT2D eigenvalue weighted by Gasteiger charge is -2.35. The Morgan fingerprint density at radius 2 is 1.91 bits per heavy atom. The van der Waals surface area contributed by atoms with Crippen LogP contribution in [0, 0.1) is 0 Å². The molecule has 0 amide bonds. The predicted molar refractivity (Wildman–Crippen MR) is 125 cm³/mol. The van der Waals surface area contributed by atoms with Crippen LogP contribution in [0.4, 0.5) is 5.13 Å². The molecule has 32 heavy (non-hydrogen) atoms. The van der Waals surface area contributed by atoms with Crippen molar-refractivity contribution in [1.29, 1.82) is 0 Å². The Hall–Kier alpha value is -3.58. The number of aliphatic carboxylic acids is 1.